The van der Waals surface area contributed by atoms with Crippen molar-refractivity contribution in [2.45, 2.75) is 21.1 Å². The average Bonchev–Trinajstić information content (AvgIpc) is 2.55. The second-order valence-corrected chi connectivity index (χ2v) is 7.55. The molecule has 2 aromatic rings. The molecule has 0 saturated carbocycles. The van der Waals surface area contributed by atoms with Gasteiger partial charge in [-0.25, -0.2) is 0 Å². The lowest BCUT2D eigenvalue weighted by atomic mass is 10.0. The molecule has 0 aromatic heterocycles. The van der Waals surface area contributed by atoms with E-state index in [0.29, 0.717) is 13.2 Å². The molecule has 22 heavy (non-hydrogen) atoms. The summed E-state index contributed by atoms with van der Waals surface area (Å²) in [4.78, 5) is 3.12. The van der Waals surface area contributed by atoms with Crippen LogP contribution in [0.4, 0.5) is 0 Å². The van der Waals surface area contributed by atoms with Crippen LogP contribution in [0.5, 0.6) is 0 Å². The Balaban J connectivity index is 1.79. The molecule has 0 fully saturated rings. The molecule has 0 N–H and O–H groups in total. The quantitative estimate of drug-likeness (QED) is 0.347. The summed E-state index contributed by atoms with van der Waals surface area (Å²) in [6, 6.07) is 14.1. The highest BCUT2D eigenvalue weighted by molar-refractivity contribution is 7.99. The maximum absolute atomic E-state index is 12.7. The fourth-order valence-electron chi connectivity index (χ4n) is 2.55. The molecular weight excluding hydrogens is 312 g/mol. The average molecular weight is 330 g/mol. The van der Waals surface area contributed by atoms with Gasteiger partial charge in [0.2, 0.25) is 0 Å². The summed E-state index contributed by atoms with van der Waals surface area (Å²) < 4.78 is 18.2. The van der Waals surface area contributed by atoms with Gasteiger partial charge >= 0.3 is 0 Å². The van der Waals surface area contributed by atoms with Crippen LogP contribution in [0.15, 0.2) is 69.8 Å². The smallest absolute Gasteiger partial charge is 0.163 e. The minimum absolute atomic E-state index is 0.588. The maximum Gasteiger partial charge on any atom is 0.163 e. The molecular formula is C18H18O2S2. The molecule has 0 saturated heterocycles. The standard InChI is InChI=1S/C18H18O2S2/c1-2-10-20-11-12-21-16-7-5-9-18-15(16)13-14-6-3-4-8-17(14)22(18)19/h2-9H,1,10-13H2. The largest absolute Gasteiger partial charge is 0.606 e. The molecule has 114 valence electrons. The topological polar surface area (TPSA) is 32.3 Å². The van der Waals surface area contributed by atoms with Crippen molar-refractivity contribution in [1.82, 2.24) is 0 Å². The van der Waals surface area contributed by atoms with Crippen molar-refractivity contribution in [3.05, 3.63) is 66.2 Å². The number of hydrogen-bond acceptors (Lipinski definition) is 3. The Morgan fingerprint density at radius 2 is 2.00 bits per heavy atom. The van der Waals surface area contributed by atoms with Crippen LogP contribution in [0, 0.1) is 0 Å². The lowest BCUT2D eigenvalue weighted by molar-refractivity contribution is 0.180. The normalized spacial score (nSPS) is 16.0. The van der Waals surface area contributed by atoms with Gasteiger partial charge in [0.1, 0.15) is 0 Å². The second kappa shape index (κ2) is 7.38. The molecule has 0 amide bonds. The predicted octanol–water partition coefficient (Wildman–Crippen LogP) is 4.05. The predicted molar refractivity (Wildman–Crippen MR) is 92.1 cm³/mol. The molecule has 2 aromatic carbocycles. The van der Waals surface area contributed by atoms with Crippen molar-refractivity contribution in [3.63, 3.8) is 0 Å². The number of thioether (sulfide) groups is 1. The summed E-state index contributed by atoms with van der Waals surface area (Å²) in [7, 11) is 0. The van der Waals surface area contributed by atoms with Crippen molar-refractivity contribution in [2.24, 2.45) is 0 Å². The van der Waals surface area contributed by atoms with Crippen molar-refractivity contribution in [3.8, 4) is 0 Å². The first kappa shape index (κ1) is 15.7. The van der Waals surface area contributed by atoms with Crippen LogP contribution in [0.3, 0.4) is 0 Å². The Kier molecular flexibility index (Phi) is 5.26. The van der Waals surface area contributed by atoms with E-state index < -0.39 is 11.2 Å². The fraction of sp³-hybridized carbons (Fsp3) is 0.222. The van der Waals surface area contributed by atoms with E-state index in [9.17, 15) is 4.55 Å². The van der Waals surface area contributed by atoms with Crippen LogP contribution in [0.25, 0.3) is 0 Å². The Labute approximate surface area is 138 Å². The van der Waals surface area contributed by atoms with E-state index in [1.165, 1.54) is 16.0 Å². The third-order valence-corrected chi connectivity index (χ3v) is 6.19. The van der Waals surface area contributed by atoms with Crippen LogP contribution in [-0.2, 0) is 22.3 Å². The van der Waals surface area contributed by atoms with Crippen molar-refractivity contribution < 1.29 is 9.29 Å². The van der Waals surface area contributed by atoms with Gasteiger partial charge in [-0.05, 0) is 18.2 Å². The Morgan fingerprint density at radius 3 is 2.86 bits per heavy atom. The molecule has 1 atom stereocenters. The van der Waals surface area contributed by atoms with Crippen LogP contribution in [0.1, 0.15) is 11.1 Å². The van der Waals surface area contributed by atoms with Gasteiger partial charge in [-0.2, -0.15) is 0 Å². The zero-order chi connectivity index (χ0) is 15.4. The minimum Gasteiger partial charge on any atom is -0.606 e. The zero-order valence-electron chi connectivity index (χ0n) is 12.3. The summed E-state index contributed by atoms with van der Waals surface area (Å²) in [5.41, 5.74) is 2.37. The van der Waals surface area contributed by atoms with Gasteiger partial charge in [0.05, 0.1) is 13.2 Å². The molecule has 1 aliphatic heterocycles. The molecule has 0 aliphatic carbocycles. The monoisotopic (exact) mass is 330 g/mol. The van der Waals surface area contributed by atoms with Gasteiger partial charge in [-0.1, -0.05) is 30.3 Å². The van der Waals surface area contributed by atoms with Crippen molar-refractivity contribution in [2.75, 3.05) is 19.0 Å². The van der Waals surface area contributed by atoms with E-state index in [1.54, 1.807) is 17.8 Å². The van der Waals surface area contributed by atoms with E-state index in [2.05, 4.69) is 18.7 Å². The maximum atomic E-state index is 12.7. The summed E-state index contributed by atoms with van der Waals surface area (Å²) >= 11 is 0.700. The molecule has 2 nitrogen and oxygen atoms in total. The third-order valence-electron chi connectivity index (χ3n) is 3.55. The summed E-state index contributed by atoms with van der Waals surface area (Å²) in [5.74, 6) is 0.887. The van der Waals surface area contributed by atoms with Gasteiger partial charge in [0, 0.05) is 39.4 Å². The van der Waals surface area contributed by atoms with Crippen molar-refractivity contribution >= 4 is 22.9 Å². The number of ether oxygens (including phenoxy) is 1. The number of benzene rings is 2. The van der Waals surface area contributed by atoms with Gasteiger partial charge in [0.25, 0.3) is 0 Å². The second-order valence-electron chi connectivity index (χ2n) is 5.00. The molecule has 3 rings (SSSR count). The van der Waals surface area contributed by atoms with Gasteiger partial charge < -0.3 is 9.29 Å². The zero-order valence-corrected chi connectivity index (χ0v) is 13.9. The number of fused-ring (bicyclic) bond motifs is 2. The molecule has 0 spiro atoms. The van der Waals surface area contributed by atoms with E-state index >= 15 is 0 Å². The van der Waals surface area contributed by atoms with E-state index in [4.69, 9.17) is 4.74 Å². The first-order valence-electron chi connectivity index (χ1n) is 7.24. The van der Waals surface area contributed by atoms with E-state index in [1.807, 2.05) is 30.3 Å². The van der Waals surface area contributed by atoms with Gasteiger partial charge in [-0.3, -0.25) is 0 Å². The number of hydrogen-bond donors (Lipinski definition) is 0. The lowest BCUT2D eigenvalue weighted by Gasteiger charge is -2.23. The molecule has 1 unspecified atom stereocenters. The highest BCUT2D eigenvalue weighted by atomic mass is 32.2. The molecule has 1 aliphatic rings. The summed E-state index contributed by atoms with van der Waals surface area (Å²) in [6.07, 6.45) is 2.61. The van der Waals surface area contributed by atoms with Gasteiger partial charge in [-0.15, -0.1) is 18.3 Å². The molecule has 0 bridgehead atoms. The minimum atomic E-state index is -1.07. The summed E-state index contributed by atoms with van der Waals surface area (Å²) in [5, 5.41) is 0. The molecule has 4 heteroatoms. The first-order valence-corrected chi connectivity index (χ1v) is 9.38. The SMILES string of the molecule is C=CCOCCSc1cccc2c1Cc1ccccc1[S+]2[O-]. The summed E-state index contributed by atoms with van der Waals surface area (Å²) in [6.45, 7) is 4.92. The van der Waals surface area contributed by atoms with Crippen LogP contribution in [-0.4, -0.2) is 23.5 Å². The lowest BCUT2D eigenvalue weighted by Crippen LogP contribution is -2.15. The third kappa shape index (κ3) is 3.25. The highest BCUT2D eigenvalue weighted by Crippen LogP contribution is 2.38. The Hall–Kier alpha value is -1.20. The van der Waals surface area contributed by atoms with Crippen LogP contribution in [0.2, 0.25) is 0 Å². The van der Waals surface area contributed by atoms with Crippen LogP contribution >= 0.6 is 11.8 Å². The van der Waals surface area contributed by atoms with E-state index in [0.717, 1.165) is 22.0 Å². The van der Waals surface area contributed by atoms with Gasteiger partial charge in [0.15, 0.2) is 9.79 Å². The Bertz CT molecular complexity index is 670. The van der Waals surface area contributed by atoms with Crippen molar-refractivity contribution in [1.29, 1.82) is 0 Å². The fourth-order valence-corrected chi connectivity index (χ4v) is 4.99. The molecule has 1 heterocycles. The van der Waals surface area contributed by atoms with E-state index in [-0.39, 0.29) is 0 Å². The van der Waals surface area contributed by atoms with Crippen LogP contribution < -0.4 is 0 Å². The molecule has 0 radical (unpaired) electrons. The Morgan fingerprint density at radius 1 is 1.18 bits per heavy atom. The highest BCUT2D eigenvalue weighted by Gasteiger charge is 2.29. The number of rotatable bonds is 6. The first-order chi connectivity index (χ1) is 10.8.